The van der Waals surface area contributed by atoms with Gasteiger partial charge in [-0.15, -0.1) is 11.3 Å². The molecule has 2 aromatic rings. The number of rotatable bonds is 3. The molecule has 1 aromatic carbocycles. The largest absolute Gasteiger partial charge is 0.417 e. The summed E-state index contributed by atoms with van der Waals surface area (Å²) in [5.41, 5.74) is -1.07. The van der Waals surface area contributed by atoms with E-state index in [0.717, 1.165) is 17.0 Å². The molecule has 0 fully saturated rings. The maximum atomic E-state index is 12.9. The summed E-state index contributed by atoms with van der Waals surface area (Å²) in [5, 5.41) is 10.1. The van der Waals surface area contributed by atoms with E-state index in [0.29, 0.717) is 10.6 Å². The molecule has 2 N–H and O–H groups in total. The molecule has 0 aliphatic heterocycles. The number of benzene rings is 1. The van der Waals surface area contributed by atoms with Crippen LogP contribution in [0, 0.1) is 12.3 Å². The van der Waals surface area contributed by atoms with E-state index in [1.807, 2.05) is 0 Å². The van der Waals surface area contributed by atoms with Crippen LogP contribution in [0.1, 0.15) is 25.7 Å². The molecule has 8 heteroatoms. The second-order valence-electron chi connectivity index (χ2n) is 4.41. The summed E-state index contributed by atoms with van der Waals surface area (Å²) < 4.78 is 39.1. The minimum Gasteiger partial charge on any atom is -0.321 e. The average Bonchev–Trinajstić information content (AvgIpc) is 2.79. The lowest BCUT2D eigenvalue weighted by Gasteiger charge is -2.12. The molecular weight excluding hydrogens is 428 g/mol. The van der Waals surface area contributed by atoms with E-state index in [1.165, 1.54) is 23.5 Å². The zero-order chi connectivity index (χ0) is 16.5. The Balaban J connectivity index is 2.37. The van der Waals surface area contributed by atoms with Crippen LogP contribution in [0.4, 0.5) is 18.9 Å². The first-order valence-electron chi connectivity index (χ1n) is 6.02. The number of thiophene rings is 1. The van der Waals surface area contributed by atoms with Gasteiger partial charge in [0.15, 0.2) is 0 Å². The van der Waals surface area contributed by atoms with Gasteiger partial charge in [0.25, 0.3) is 5.91 Å². The van der Waals surface area contributed by atoms with Crippen molar-refractivity contribution in [3.05, 3.63) is 51.2 Å². The van der Waals surface area contributed by atoms with E-state index in [-0.39, 0.29) is 3.72 Å². The molecule has 3 nitrogen and oxygen atoms in total. The highest BCUT2D eigenvalue weighted by Crippen LogP contribution is 2.33. The van der Waals surface area contributed by atoms with Gasteiger partial charge >= 0.3 is 6.18 Å². The molecule has 2 rings (SSSR count). The summed E-state index contributed by atoms with van der Waals surface area (Å²) in [6.07, 6.45) is -4.60. The Bertz CT molecular complexity index is 740. The Labute approximate surface area is 142 Å². The van der Waals surface area contributed by atoms with Crippen LogP contribution in [0.25, 0.3) is 0 Å². The standard InChI is InChI=1S/C14H10F3IN2OS/c1-7-6-10(11(22-7)12(18)19)20-13(21)8-4-2-3-5-9(8)14(15,16)17/h2-6,19H,1H3,(H,20,21). The van der Waals surface area contributed by atoms with E-state index in [1.54, 1.807) is 35.6 Å². The molecule has 0 atom stereocenters. The summed E-state index contributed by atoms with van der Waals surface area (Å²) in [6.45, 7) is 1.80. The fraction of sp³-hybridized carbons (Fsp3) is 0.143. The number of amides is 1. The van der Waals surface area contributed by atoms with Gasteiger partial charge in [-0.05, 0) is 47.7 Å². The number of aryl methyl sites for hydroxylation is 1. The molecule has 1 aromatic heterocycles. The molecule has 22 heavy (non-hydrogen) atoms. The smallest absolute Gasteiger partial charge is 0.321 e. The van der Waals surface area contributed by atoms with Crippen molar-refractivity contribution in [3.8, 4) is 0 Å². The molecule has 0 unspecified atom stereocenters. The SMILES string of the molecule is Cc1cc(NC(=O)c2ccccc2C(F)(F)F)c(C(=N)I)s1. The Morgan fingerprint density at radius 3 is 2.55 bits per heavy atom. The summed E-state index contributed by atoms with van der Waals surface area (Å²) in [7, 11) is 0. The minimum atomic E-state index is -4.60. The van der Waals surface area contributed by atoms with Crippen molar-refractivity contribution in [2.75, 3.05) is 5.32 Å². The lowest BCUT2D eigenvalue weighted by atomic mass is 10.1. The van der Waals surface area contributed by atoms with Crippen LogP contribution < -0.4 is 5.32 Å². The first kappa shape index (κ1) is 16.9. The molecule has 116 valence electrons. The van der Waals surface area contributed by atoms with Crippen molar-refractivity contribution in [2.24, 2.45) is 0 Å². The predicted octanol–water partition coefficient (Wildman–Crippen LogP) is 5.09. The third-order valence-electron chi connectivity index (χ3n) is 2.78. The lowest BCUT2D eigenvalue weighted by molar-refractivity contribution is -0.137. The number of alkyl halides is 3. The van der Waals surface area contributed by atoms with E-state index in [2.05, 4.69) is 5.32 Å². The first-order chi connectivity index (χ1) is 10.2. The average molecular weight is 438 g/mol. The molecular formula is C14H10F3IN2OS. The fourth-order valence-electron chi connectivity index (χ4n) is 1.89. The van der Waals surface area contributed by atoms with Gasteiger partial charge < -0.3 is 5.32 Å². The predicted molar refractivity (Wildman–Crippen MR) is 89.3 cm³/mol. The summed E-state index contributed by atoms with van der Waals surface area (Å²) in [4.78, 5) is 13.6. The molecule has 0 saturated heterocycles. The molecule has 1 heterocycles. The van der Waals surface area contributed by atoms with Crippen molar-refractivity contribution in [1.82, 2.24) is 0 Å². The van der Waals surface area contributed by atoms with Crippen LogP contribution in [-0.4, -0.2) is 9.63 Å². The van der Waals surface area contributed by atoms with Crippen LogP contribution in [0.2, 0.25) is 0 Å². The van der Waals surface area contributed by atoms with Crippen molar-refractivity contribution in [1.29, 1.82) is 5.41 Å². The van der Waals surface area contributed by atoms with Gasteiger partial charge in [-0.1, -0.05) is 12.1 Å². The third kappa shape index (κ3) is 3.67. The van der Waals surface area contributed by atoms with Crippen molar-refractivity contribution in [2.45, 2.75) is 13.1 Å². The van der Waals surface area contributed by atoms with Gasteiger partial charge in [0.1, 0.15) is 3.72 Å². The quantitative estimate of drug-likeness (QED) is 0.510. The van der Waals surface area contributed by atoms with E-state index in [4.69, 9.17) is 5.41 Å². The number of hydrogen-bond acceptors (Lipinski definition) is 3. The number of halogens is 4. The molecule has 1 amide bonds. The van der Waals surface area contributed by atoms with Crippen LogP contribution in [0.5, 0.6) is 0 Å². The van der Waals surface area contributed by atoms with Crippen LogP contribution in [0.3, 0.4) is 0 Å². The van der Waals surface area contributed by atoms with Crippen LogP contribution >= 0.6 is 33.9 Å². The first-order valence-corrected chi connectivity index (χ1v) is 7.92. The highest BCUT2D eigenvalue weighted by Gasteiger charge is 2.35. The maximum absolute atomic E-state index is 12.9. The number of nitrogens with one attached hydrogen (secondary N) is 2. The maximum Gasteiger partial charge on any atom is 0.417 e. The number of carbonyl (C=O) groups excluding carboxylic acids is 1. The summed E-state index contributed by atoms with van der Waals surface area (Å²) in [5.74, 6) is -0.843. The normalized spacial score (nSPS) is 11.3. The second kappa shape index (κ2) is 6.37. The van der Waals surface area contributed by atoms with E-state index in [9.17, 15) is 18.0 Å². The topological polar surface area (TPSA) is 53.0 Å². The monoisotopic (exact) mass is 438 g/mol. The van der Waals surface area contributed by atoms with Crippen LogP contribution in [0.15, 0.2) is 30.3 Å². The Hall–Kier alpha value is -1.42. The second-order valence-corrected chi connectivity index (χ2v) is 6.75. The number of carbonyl (C=O) groups is 1. The van der Waals surface area contributed by atoms with Gasteiger partial charge in [-0.3, -0.25) is 10.2 Å². The van der Waals surface area contributed by atoms with Gasteiger partial charge in [-0.25, -0.2) is 0 Å². The summed E-state index contributed by atoms with van der Waals surface area (Å²) >= 11 is 3.09. The number of anilines is 1. The molecule has 0 aliphatic rings. The Kier molecular flexibility index (Phi) is 4.90. The summed E-state index contributed by atoms with van der Waals surface area (Å²) in [6, 6.07) is 6.26. The highest BCUT2D eigenvalue weighted by atomic mass is 127. The van der Waals surface area contributed by atoms with Crippen molar-refractivity contribution >= 4 is 49.2 Å². The highest BCUT2D eigenvalue weighted by molar-refractivity contribution is 14.1. The van der Waals surface area contributed by atoms with Crippen molar-refractivity contribution in [3.63, 3.8) is 0 Å². The minimum absolute atomic E-state index is 0.218. The fourth-order valence-corrected chi connectivity index (χ4v) is 3.32. The number of hydrogen-bond donors (Lipinski definition) is 2. The Morgan fingerprint density at radius 1 is 1.32 bits per heavy atom. The molecule has 0 bridgehead atoms. The molecule has 0 aliphatic carbocycles. The van der Waals surface area contributed by atoms with Crippen LogP contribution in [-0.2, 0) is 6.18 Å². The van der Waals surface area contributed by atoms with Gasteiger partial charge in [-0.2, -0.15) is 13.2 Å². The van der Waals surface area contributed by atoms with E-state index < -0.39 is 23.2 Å². The zero-order valence-electron chi connectivity index (χ0n) is 11.2. The molecule has 0 spiro atoms. The van der Waals surface area contributed by atoms with E-state index >= 15 is 0 Å². The molecule has 0 saturated carbocycles. The third-order valence-corrected chi connectivity index (χ3v) is 4.75. The zero-order valence-corrected chi connectivity index (χ0v) is 14.2. The van der Waals surface area contributed by atoms with Gasteiger partial charge in [0.05, 0.1) is 21.7 Å². The van der Waals surface area contributed by atoms with Gasteiger partial charge in [0, 0.05) is 4.88 Å². The molecule has 0 radical (unpaired) electrons. The Morgan fingerprint density at radius 2 is 1.95 bits per heavy atom. The lowest BCUT2D eigenvalue weighted by Crippen LogP contribution is -2.19. The van der Waals surface area contributed by atoms with Gasteiger partial charge in [0.2, 0.25) is 0 Å². The van der Waals surface area contributed by atoms with Crippen molar-refractivity contribution < 1.29 is 18.0 Å².